The van der Waals surface area contributed by atoms with Crippen LogP contribution in [-0.2, 0) is 6.54 Å². The molecule has 0 saturated carbocycles. The van der Waals surface area contributed by atoms with Crippen LogP contribution in [-0.4, -0.2) is 52.4 Å². The highest BCUT2D eigenvalue weighted by atomic mass is 15.4. The SMILES string of the molecule is Cc1nc(-c2ccccc2)nn1CCN1CCNCC1. The van der Waals surface area contributed by atoms with Gasteiger partial charge in [-0.1, -0.05) is 30.3 Å². The molecule has 0 bridgehead atoms. The quantitative estimate of drug-likeness (QED) is 0.906. The lowest BCUT2D eigenvalue weighted by Gasteiger charge is -2.26. The van der Waals surface area contributed by atoms with E-state index in [9.17, 15) is 0 Å². The summed E-state index contributed by atoms with van der Waals surface area (Å²) in [6.07, 6.45) is 0. The van der Waals surface area contributed by atoms with Gasteiger partial charge in [-0.2, -0.15) is 5.10 Å². The summed E-state index contributed by atoms with van der Waals surface area (Å²) in [4.78, 5) is 7.04. The number of nitrogens with one attached hydrogen (secondary N) is 1. The van der Waals surface area contributed by atoms with Crippen LogP contribution in [0.2, 0.25) is 0 Å². The van der Waals surface area contributed by atoms with E-state index in [0.29, 0.717) is 0 Å². The smallest absolute Gasteiger partial charge is 0.181 e. The number of rotatable bonds is 4. The molecule has 5 heteroatoms. The van der Waals surface area contributed by atoms with E-state index in [2.05, 4.69) is 32.4 Å². The van der Waals surface area contributed by atoms with Crippen molar-refractivity contribution in [3.63, 3.8) is 0 Å². The Balaban J connectivity index is 1.66. The van der Waals surface area contributed by atoms with Gasteiger partial charge in [0.15, 0.2) is 5.82 Å². The highest BCUT2D eigenvalue weighted by molar-refractivity contribution is 5.53. The first-order valence-electron chi connectivity index (χ1n) is 7.23. The number of hydrogen-bond acceptors (Lipinski definition) is 4. The molecular formula is C15H21N5. The van der Waals surface area contributed by atoms with E-state index < -0.39 is 0 Å². The summed E-state index contributed by atoms with van der Waals surface area (Å²) in [5.41, 5.74) is 1.08. The molecule has 0 aliphatic carbocycles. The summed E-state index contributed by atoms with van der Waals surface area (Å²) >= 11 is 0. The first-order chi connectivity index (χ1) is 9.83. The third-order valence-electron chi connectivity index (χ3n) is 3.73. The minimum atomic E-state index is 0.823. The lowest BCUT2D eigenvalue weighted by molar-refractivity contribution is 0.228. The van der Waals surface area contributed by atoms with Crippen molar-refractivity contribution < 1.29 is 0 Å². The van der Waals surface area contributed by atoms with E-state index in [1.807, 2.05) is 29.8 Å². The number of aromatic nitrogens is 3. The van der Waals surface area contributed by atoms with Crippen LogP contribution in [0.4, 0.5) is 0 Å². The maximum Gasteiger partial charge on any atom is 0.181 e. The Hall–Kier alpha value is -1.72. The van der Waals surface area contributed by atoms with Gasteiger partial charge in [0.25, 0.3) is 0 Å². The highest BCUT2D eigenvalue weighted by Gasteiger charge is 2.12. The van der Waals surface area contributed by atoms with Crippen LogP contribution in [0, 0.1) is 6.92 Å². The Bertz CT molecular complexity index is 543. The fraction of sp³-hybridized carbons (Fsp3) is 0.467. The van der Waals surface area contributed by atoms with E-state index in [4.69, 9.17) is 0 Å². The highest BCUT2D eigenvalue weighted by Crippen LogP contribution is 2.14. The second-order valence-electron chi connectivity index (χ2n) is 5.16. The number of hydrogen-bond donors (Lipinski definition) is 1. The van der Waals surface area contributed by atoms with Gasteiger partial charge in [-0.3, -0.25) is 4.90 Å². The van der Waals surface area contributed by atoms with Gasteiger partial charge in [-0.05, 0) is 6.92 Å². The summed E-state index contributed by atoms with van der Waals surface area (Å²) in [5, 5.41) is 8.00. The van der Waals surface area contributed by atoms with E-state index in [1.54, 1.807) is 0 Å². The second-order valence-corrected chi connectivity index (χ2v) is 5.16. The van der Waals surface area contributed by atoms with Crippen molar-refractivity contribution in [1.29, 1.82) is 0 Å². The number of nitrogens with zero attached hydrogens (tertiary/aromatic N) is 4. The molecular weight excluding hydrogens is 250 g/mol. The van der Waals surface area contributed by atoms with Gasteiger partial charge in [0.05, 0.1) is 6.54 Å². The van der Waals surface area contributed by atoms with Crippen LogP contribution < -0.4 is 5.32 Å². The first kappa shape index (κ1) is 13.3. The molecule has 0 atom stereocenters. The second kappa shape index (κ2) is 6.15. The van der Waals surface area contributed by atoms with Crippen molar-refractivity contribution in [2.45, 2.75) is 13.5 Å². The van der Waals surface area contributed by atoms with Crippen molar-refractivity contribution in [2.75, 3.05) is 32.7 Å². The molecule has 2 aromatic rings. The van der Waals surface area contributed by atoms with Gasteiger partial charge in [0.2, 0.25) is 0 Å². The summed E-state index contributed by atoms with van der Waals surface area (Å²) in [6.45, 7) is 8.40. The monoisotopic (exact) mass is 271 g/mol. The van der Waals surface area contributed by atoms with Gasteiger partial charge < -0.3 is 5.32 Å². The van der Waals surface area contributed by atoms with Crippen LogP contribution in [0.3, 0.4) is 0 Å². The fourth-order valence-electron chi connectivity index (χ4n) is 2.51. The Morgan fingerprint density at radius 3 is 2.60 bits per heavy atom. The molecule has 1 aromatic carbocycles. The lowest BCUT2D eigenvalue weighted by Crippen LogP contribution is -2.44. The molecule has 5 nitrogen and oxygen atoms in total. The van der Waals surface area contributed by atoms with Crippen molar-refractivity contribution in [3.05, 3.63) is 36.2 Å². The molecule has 1 aliphatic heterocycles. The summed E-state index contributed by atoms with van der Waals surface area (Å²) in [6, 6.07) is 10.2. The number of aryl methyl sites for hydroxylation is 1. The molecule has 0 unspecified atom stereocenters. The van der Waals surface area contributed by atoms with Crippen LogP contribution in [0.5, 0.6) is 0 Å². The average Bonchev–Trinajstić information content (AvgIpc) is 2.88. The molecule has 0 spiro atoms. The van der Waals surface area contributed by atoms with Gasteiger partial charge >= 0.3 is 0 Å². The van der Waals surface area contributed by atoms with Gasteiger partial charge in [-0.15, -0.1) is 0 Å². The normalized spacial score (nSPS) is 16.4. The summed E-state index contributed by atoms with van der Waals surface area (Å²) in [7, 11) is 0. The van der Waals surface area contributed by atoms with Gasteiger partial charge in [0, 0.05) is 38.3 Å². The molecule has 1 saturated heterocycles. The fourth-order valence-corrected chi connectivity index (χ4v) is 2.51. The average molecular weight is 271 g/mol. The molecule has 0 radical (unpaired) electrons. The minimum absolute atomic E-state index is 0.823. The zero-order valence-electron chi connectivity index (χ0n) is 11.9. The molecule has 0 amide bonds. The topological polar surface area (TPSA) is 46.0 Å². The first-order valence-corrected chi connectivity index (χ1v) is 7.23. The maximum absolute atomic E-state index is 4.63. The third kappa shape index (κ3) is 3.05. The van der Waals surface area contributed by atoms with Crippen LogP contribution in [0.25, 0.3) is 11.4 Å². The molecule has 106 valence electrons. The van der Waals surface area contributed by atoms with Crippen LogP contribution in [0.1, 0.15) is 5.82 Å². The van der Waals surface area contributed by atoms with Crippen LogP contribution >= 0.6 is 0 Å². The minimum Gasteiger partial charge on any atom is -0.314 e. The molecule has 1 N–H and O–H groups in total. The third-order valence-corrected chi connectivity index (χ3v) is 3.73. The number of piperazine rings is 1. The Kier molecular flexibility index (Phi) is 4.08. The predicted molar refractivity (Wildman–Crippen MR) is 79.5 cm³/mol. The Morgan fingerprint density at radius 2 is 1.85 bits per heavy atom. The Morgan fingerprint density at radius 1 is 1.10 bits per heavy atom. The lowest BCUT2D eigenvalue weighted by atomic mass is 10.2. The molecule has 1 fully saturated rings. The van der Waals surface area contributed by atoms with Crippen molar-refractivity contribution >= 4 is 0 Å². The zero-order valence-corrected chi connectivity index (χ0v) is 11.9. The van der Waals surface area contributed by atoms with Crippen LogP contribution in [0.15, 0.2) is 30.3 Å². The van der Waals surface area contributed by atoms with Gasteiger partial charge in [-0.25, -0.2) is 9.67 Å². The Labute approximate surface area is 119 Å². The molecule has 1 aromatic heterocycles. The van der Waals surface area contributed by atoms with Crippen molar-refractivity contribution in [1.82, 2.24) is 25.0 Å². The maximum atomic E-state index is 4.63. The van der Waals surface area contributed by atoms with Gasteiger partial charge in [0.1, 0.15) is 5.82 Å². The largest absolute Gasteiger partial charge is 0.314 e. The van der Waals surface area contributed by atoms with E-state index in [0.717, 1.165) is 56.5 Å². The van der Waals surface area contributed by atoms with E-state index in [-0.39, 0.29) is 0 Å². The number of benzene rings is 1. The predicted octanol–water partition coefficient (Wildman–Crippen LogP) is 1.16. The standard InChI is InChI=1S/C15H21N5/c1-13-17-15(14-5-3-2-4-6-14)18-20(13)12-11-19-9-7-16-8-10-19/h2-6,16H,7-12H2,1H3. The zero-order chi connectivity index (χ0) is 13.8. The molecule has 20 heavy (non-hydrogen) atoms. The summed E-state index contributed by atoms with van der Waals surface area (Å²) in [5.74, 6) is 1.81. The van der Waals surface area contributed by atoms with E-state index in [1.165, 1.54) is 0 Å². The van der Waals surface area contributed by atoms with Crippen molar-refractivity contribution in [3.8, 4) is 11.4 Å². The molecule has 2 heterocycles. The molecule has 1 aliphatic rings. The van der Waals surface area contributed by atoms with Crippen molar-refractivity contribution in [2.24, 2.45) is 0 Å². The van der Waals surface area contributed by atoms with E-state index >= 15 is 0 Å². The summed E-state index contributed by atoms with van der Waals surface area (Å²) < 4.78 is 2.02. The molecule has 3 rings (SSSR count).